The fraction of sp³-hybridized carbons (Fsp3) is 0.300. The first kappa shape index (κ1) is 19.3. The normalized spacial score (nSPS) is 11.3. The number of anilines is 1. The minimum Gasteiger partial charge on any atom is -0.462 e. The van der Waals surface area contributed by atoms with Gasteiger partial charge in [0, 0.05) is 12.2 Å². The predicted octanol–water partition coefficient (Wildman–Crippen LogP) is 2.98. The number of rotatable bonds is 6. The fourth-order valence-electron chi connectivity index (χ4n) is 3.11. The number of aryl methyl sites for hydroxylation is 1. The molecule has 8 heteroatoms. The maximum absolute atomic E-state index is 12.6. The zero-order valence-electron chi connectivity index (χ0n) is 16.4. The van der Waals surface area contributed by atoms with Gasteiger partial charge in [0.05, 0.1) is 35.0 Å². The summed E-state index contributed by atoms with van der Waals surface area (Å²) < 4.78 is 6.62. The molecular weight excluding hydrogens is 358 g/mol. The van der Waals surface area contributed by atoms with Crippen molar-refractivity contribution in [3.05, 3.63) is 57.1 Å². The van der Waals surface area contributed by atoms with E-state index in [-0.39, 0.29) is 11.5 Å². The van der Waals surface area contributed by atoms with Gasteiger partial charge in [0.15, 0.2) is 0 Å². The Hall–Kier alpha value is -3.42. The van der Waals surface area contributed by atoms with E-state index in [0.717, 1.165) is 5.56 Å². The second kappa shape index (κ2) is 8.08. The second-order valence-corrected chi connectivity index (χ2v) is 6.26. The number of aromatic nitrogens is 3. The molecular formula is C20H23N5O3. The van der Waals surface area contributed by atoms with Gasteiger partial charge in [-0.15, -0.1) is 0 Å². The standard InChI is InChI=1S/C20H23N5O3/c1-5-25-18(26)14-9-7-8-10-15(14)23-20(25)24-21-11-16-12(3)17(13(4)22-16)19(27)28-6-2/h7-11,22H,5-6H2,1-4H3,(H,23,24)/b21-11+. The summed E-state index contributed by atoms with van der Waals surface area (Å²) in [7, 11) is 0. The molecule has 0 fully saturated rings. The number of nitrogens with one attached hydrogen (secondary N) is 2. The molecule has 0 amide bonds. The summed E-state index contributed by atoms with van der Waals surface area (Å²) in [5, 5.41) is 4.77. The van der Waals surface area contributed by atoms with Crippen LogP contribution in [0.15, 0.2) is 34.2 Å². The monoisotopic (exact) mass is 381 g/mol. The molecule has 0 saturated carbocycles. The molecule has 3 rings (SSSR count). The number of esters is 1. The average molecular weight is 381 g/mol. The number of nitrogens with zero attached hydrogens (tertiary/aromatic N) is 3. The largest absolute Gasteiger partial charge is 0.462 e. The maximum Gasteiger partial charge on any atom is 0.340 e. The molecule has 2 heterocycles. The van der Waals surface area contributed by atoms with Gasteiger partial charge in [0.2, 0.25) is 5.95 Å². The summed E-state index contributed by atoms with van der Waals surface area (Å²) in [5.74, 6) is -0.00799. The van der Waals surface area contributed by atoms with E-state index in [1.165, 1.54) is 4.57 Å². The Bertz CT molecular complexity index is 1110. The molecule has 3 aromatic rings. The number of carbonyl (C=O) groups is 1. The van der Waals surface area contributed by atoms with Crippen LogP contribution in [-0.2, 0) is 11.3 Å². The Morgan fingerprint density at radius 2 is 2.07 bits per heavy atom. The van der Waals surface area contributed by atoms with Crippen molar-refractivity contribution in [3.63, 3.8) is 0 Å². The summed E-state index contributed by atoms with van der Waals surface area (Å²) in [6.07, 6.45) is 1.56. The quantitative estimate of drug-likeness (QED) is 0.388. The van der Waals surface area contributed by atoms with E-state index in [9.17, 15) is 9.59 Å². The molecule has 2 aromatic heterocycles. The van der Waals surface area contributed by atoms with E-state index in [1.807, 2.05) is 32.9 Å². The lowest BCUT2D eigenvalue weighted by atomic mass is 10.1. The van der Waals surface area contributed by atoms with Gasteiger partial charge in [0.1, 0.15) is 0 Å². The molecule has 0 saturated heterocycles. The summed E-state index contributed by atoms with van der Waals surface area (Å²) in [4.78, 5) is 32.3. The summed E-state index contributed by atoms with van der Waals surface area (Å²) in [6.45, 7) is 8.05. The van der Waals surface area contributed by atoms with Crippen LogP contribution >= 0.6 is 0 Å². The summed E-state index contributed by atoms with van der Waals surface area (Å²) in [5.41, 5.74) is 5.98. The second-order valence-electron chi connectivity index (χ2n) is 6.26. The lowest BCUT2D eigenvalue weighted by Gasteiger charge is -2.10. The van der Waals surface area contributed by atoms with Crippen LogP contribution in [0, 0.1) is 13.8 Å². The van der Waals surface area contributed by atoms with Crippen molar-refractivity contribution >= 4 is 29.0 Å². The molecule has 0 aliphatic carbocycles. The van der Waals surface area contributed by atoms with E-state index >= 15 is 0 Å². The molecule has 0 spiro atoms. The van der Waals surface area contributed by atoms with Gasteiger partial charge < -0.3 is 9.72 Å². The third kappa shape index (κ3) is 3.53. The van der Waals surface area contributed by atoms with Crippen molar-refractivity contribution in [2.24, 2.45) is 5.10 Å². The maximum atomic E-state index is 12.6. The molecule has 8 nitrogen and oxygen atoms in total. The highest BCUT2D eigenvalue weighted by Gasteiger charge is 2.18. The SMILES string of the molecule is CCOC(=O)c1c(C)[nH]c(/C=N/Nc2nc3ccccc3c(=O)n2CC)c1C. The zero-order valence-corrected chi connectivity index (χ0v) is 16.4. The fourth-order valence-corrected chi connectivity index (χ4v) is 3.11. The van der Waals surface area contributed by atoms with Gasteiger partial charge in [-0.1, -0.05) is 12.1 Å². The topological polar surface area (TPSA) is 101 Å². The van der Waals surface area contributed by atoms with Crippen LogP contribution in [0.5, 0.6) is 0 Å². The van der Waals surface area contributed by atoms with Crippen molar-refractivity contribution in [1.29, 1.82) is 0 Å². The molecule has 0 unspecified atom stereocenters. The van der Waals surface area contributed by atoms with Crippen LogP contribution in [0.4, 0.5) is 5.95 Å². The number of carbonyl (C=O) groups excluding carboxylic acids is 1. The van der Waals surface area contributed by atoms with Gasteiger partial charge in [-0.05, 0) is 45.4 Å². The smallest absolute Gasteiger partial charge is 0.340 e. The number of hydrogen-bond acceptors (Lipinski definition) is 6. The van der Waals surface area contributed by atoms with E-state index in [0.29, 0.717) is 47.0 Å². The third-order valence-electron chi connectivity index (χ3n) is 4.49. The molecule has 1 aromatic carbocycles. The Morgan fingerprint density at radius 3 is 2.79 bits per heavy atom. The van der Waals surface area contributed by atoms with Crippen LogP contribution in [0.3, 0.4) is 0 Å². The van der Waals surface area contributed by atoms with Gasteiger partial charge in [-0.25, -0.2) is 15.2 Å². The Labute approximate surface area is 162 Å². The molecule has 146 valence electrons. The first-order valence-electron chi connectivity index (χ1n) is 9.12. The molecule has 0 aliphatic rings. The van der Waals surface area contributed by atoms with E-state index in [4.69, 9.17) is 4.74 Å². The number of benzene rings is 1. The molecule has 2 N–H and O–H groups in total. The van der Waals surface area contributed by atoms with Crippen LogP contribution in [0.2, 0.25) is 0 Å². The van der Waals surface area contributed by atoms with Gasteiger partial charge in [-0.3, -0.25) is 9.36 Å². The molecule has 28 heavy (non-hydrogen) atoms. The average Bonchev–Trinajstić information content (AvgIpc) is 2.96. The number of para-hydroxylation sites is 1. The lowest BCUT2D eigenvalue weighted by molar-refractivity contribution is 0.0525. The Balaban J connectivity index is 1.91. The number of hydrogen-bond donors (Lipinski definition) is 2. The number of fused-ring (bicyclic) bond motifs is 1. The third-order valence-corrected chi connectivity index (χ3v) is 4.49. The first-order valence-corrected chi connectivity index (χ1v) is 9.12. The van der Waals surface area contributed by atoms with Crippen LogP contribution in [0.1, 0.15) is 41.2 Å². The van der Waals surface area contributed by atoms with Gasteiger partial charge in [0.25, 0.3) is 5.56 Å². The number of hydrazone groups is 1. The van der Waals surface area contributed by atoms with Crippen molar-refractivity contribution in [2.75, 3.05) is 12.0 Å². The van der Waals surface area contributed by atoms with Crippen LogP contribution in [-0.4, -0.2) is 33.3 Å². The van der Waals surface area contributed by atoms with Crippen molar-refractivity contribution in [1.82, 2.24) is 14.5 Å². The van der Waals surface area contributed by atoms with E-state index in [1.54, 1.807) is 25.3 Å². The molecule has 0 bridgehead atoms. The van der Waals surface area contributed by atoms with Crippen LogP contribution < -0.4 is 11.0 Å². The van der Waals surface area contributed by atoms with Crippen LogP contribution in [0.25, 0.3) is 10.9 Å². The highest BCUT2D eigenvalue weighted by molar-refractivity contribution is 5.96. The number of H-pyrrole nitrogens is 1. The minimum atomic E-state index is -0.364. The highest BCUT2D eigenvalue weighted by atomic mass is 16.5. The molecule has 0 atom stereocenters. The Morgan fingerprint density at radius 1 is 1.32 bits per heavy atom. The van der Waals surface area contributed by atoms with E-state index < -0.39 is 0 Å². The molecule has 0 aliphatic heterocycles. The predicted molar refractivity (Wildman–Crippen MR) is 109 cm³/mol. The highest BCUT2D eigenvalue weighted by Crippen LogP contribution is 2.18. The number of ether oxygens (including phenoxy) is 1. The first-order chi connectivity index (χ1) is 13.5. The van der Waals surface area contributed by atoms with Gasteiger partial charge in [-0.2, -0.15) is 5.10 Å². The van der Waals surface area contributed by atoms with Crippen molar-refractivity contribution in [3.8, 4) is 0 Å². The number of aromatic amines is 1. The zero-order chi connectivity index (χ0) is 20.3. The van der Waals surface area contributed by atoms with Crippen molar-refractivity contribution in [2.45, 2.75) is 34.2 Å². The van der Waals surface area contributed by atoms with Crippen molar-refractivity contribution < 1.29 is 9.53 Å². The van der Waals surface area contributed by atoms with E-state index in [2.05, 4.69) is 20.5 Å². The summed E-state index contributed by atoms with van der Waals surface area (Å²) in [6, 6.07) is 7.19. The van der Waals surface area contributed by atoms with Gasteiger partial charge >= 0.3 is 5.97 Å². The molecule has 0 radical (unpaired) electrons. The summed E-state index contributed by atoms with van der Waals surface area (Å²) >= 11 is 0. The Kier molecular flexibility index (Phi) is 5.58. The lowest BCUT2D eigenvalue weighted by Crippen LogP contribution is -2.23. The minimum absolute atomic E-state index is 0.123.